The molecule has 0 aliphatic carbocycles. The molecule has 0 spiro atoms. The van der Waals surface area contributed by atoms with Crippen LogP contribution >= 0.6 is 0 Å². The highest BCUT2D eigenvalue weighted by Gasteiger charge is 2.68. The van der Waals surface area contributed by atoms with E-state index in [2.05, 4.69) is 89.0 Å². The number of hydrogen-bond donors (Lipinski definition) is 1. The van der Waals surface area contributed by atoms with Gasteiger partial charge < -0.3 is 56.3 Å². The number of ether oxygens (including phenoxy) is 8. The van der Waals surface area contributed by atoms with Gasteiger partial charge in [-0.25, -0.2) is 0 Å². The molecular weight excluding hydrogens is 961 g/mol. The van der Waals surface area contributed by atoms with E-state index in [1.807, 2.05) is 6.08 Å². The van der Waals surface area contributed by atoms with Gasteiger partial charge in [0.1, 0.15) is 30.5 Å². The summed E-state index contributed by atoms with van der Waals surface area (Å²) in [5.41, 5.74) is 2.28. The Kier molecular flexibility index (Phi) is 21.2. The fourth-order valence-electron chi connectivity index (χ4n) is 14.3. The van der Waals surface area contributed by atoms with Gasteiger partial charge in [0.25, 0.3) is 0 Å². The Hall–Kier alpha value is -0.609. The second kappa shape index (κ2) is 25.9. The third-order valence-corrected chi connectivity index (χ3v) is 33.7. The van der Waals surface area contributed by atoms with Crippen molar-refractivity contribution in [2.45, 2.75) is 292 Å². The highest BCUT2D eigenvalue weighted by atomic mass is 28.4. The number of methoxy groups -OCH3 is 1. The minimum absolute atomic E-state index is 0.0227. The second-order valence-corrected chi connectivity index (χ2v) is 37.4. The first kappa shape index (κ1) is 59.1. The van der Waals surface area contributed by atoms with Crippen LogP contribution < -0.4 is 0 Å². The summed E-state index contributed by atoms with van der Waals surface area (Å²) in [7, 11) is -4.00. The summed E-state index contributed by atoms with van der Waals surface area (Å²) in [5, 5.41) is 10.4. The molecule has 8 saturated heterocycles. The van der Waals surface area contributed by atoms with Crippen molar-refractivity contribution in [3.63, 3.8) is 0 Å². The largest absolute Gasteiger partial charge is 0.414 e. The van der Waals surface area contributed by atoms with Crippen molar-refractivity contribution < 1.29 is 56.3 Å². The van der Waals surface area contributed by atoms with Crippen molar-refractivity contribution in [1.29, 1.82) is 0 Å². The van der Waals surface area contributed by atoms with Crippen LogP contribution in [0.5, 0.6) is 0 Å². The molecule has 8 fully saturated rings. The molecule has 12 nitrogen and oxygen atoms in total. The maximum absolute atomic E-state index is 10.4. The molecule has 414 valence electrons. The third-order valence-electron chi connectivity index (χ3n) is 19.7. The van der Waals surface area contributed by atoms with E-state index in [4.69, 9.17) is 51.2 Å². The van der Waals surface area contributed by atoms with Crippen molar-refractivity contribution >= 4 is 25.0 Å². The lowest BCUT2D eigenvalue weighted by molar-refractivity contribution is -0.271. The molecule has 0 radical (unpaired) electrons. The van der Waals surface area contributed by atoms with E-state index in [0.29, 0.717) is 44.6 Å². The van der Waals surface area contributed by atoms with E-state index in [0.717, 1.165) is 104 Å². The zero-order valence-electron chi connectivity index (χ0n) is 47.0. The molecule has 18 atom stereocenters. The molecule has 8 aliphatic heterocycles. The van der Waals surface area contributed by atoms with Crippen molar-refractivity contribution in [2.75, 3.05) is 20.3 Å². The van der Waals surface area contributed by atoms with Crippen LogP contribution in [0.1, 0.15) is 140 Å². The number of rotatable bonds is 31. The zero-order valence-corrected chi connectivity index (χ0v) is 50.0. The van der Waals surface area contributed by atoms with Gasteiger partial charge in [-0.05, 0) is 116 Å². The van der Waals surface area contributed by atoms with Gasteiger partial charge in [0.05, 0.1) is 67.6 Å². The van der Waals surface area contributed by atoms with Crippen LogP contribution in [-0.2, 0) is 51.2 Å². The average molecular weight is 1060 g/mol. The Bertz CT molecular complexity index is 1720. The molecule has 0 aromatic rings. The Morgan fingerprint density at radius 3 is 1.96 bits per heavy atom. The molecule has 0 saturated carbocycles. The van der Waals surface area contributed by atoms with Crippen LogP contribution in [0.2, 0.25) is 54.4 Å². The molecule has 8 heterocycles. The molecule has 8 aliphatic rings. The SMILES string of the molecule is C=CC[C@@H]1O[C@@H]2C3O[C@@H]4C[C@](CCC5CC(=C)C(CCC6CC(C)C(=C)C(C[C@@H]7OC(CC(CO[Si](CC)(CC)CC)O[Si](CC)(CC)CC)[C@H](OC)C7CCO)O6)O5)(OC3C1O[Si](CC)(CC)CC)OC24. The normalized spacial score (nSPS) is 38.3. The van der Waals surface area contributed by atoms with Crippen molar-refractivity contribution in [3.8, 4) is 0 Å². The van der Waals surface area contributed by atoms with Crippen molar-refractivity contribution in [1.82, 2.24) is 0 Å². The maximum Gasteiger partial charge on any atom is 0.192 e. The summed E-state index contributed by atoms with van der Waals surface area (Å²) >= 11 is 0. The van der Waals surface area contributed by atoms with E-state index in [1.165, 1.54) is 0 Å². The van der Waals surface area contributed by atoms with Crippen LogP contribution in [0, 0.1) is 11.8 Å². The Morgan fingerprint density at radius 2 is 1.33 bits per heavy atom. The fourth-order valence-corrected chi connectivity index (χ4v) is 22.6. The topological polar surface area (TPSA) is 122 Å². The van der Waals surface area contributed by atoms with Crippen molar-refractivity contribution in [3.05, 3.63) is 37.0 Å². The van der Waals surface area contributed by atoms with Crippen molar-refractivity contribution in [2.24, 2.45) is 11.8 Å². The van der Waals surface area contributed by atoms with E-state index in [9.17, 15) is 5.11 Å². The number of aliphatic hydroxyl groups is 1. The summed E-state index contributed by atoms with van der Waals surface area (Å²) < 4.78 is 76.5. The van der Waals surface area contributed by atoms with Gasteiger partial charge in [-0.3, -0.25) is 0 Å². The van der Waals surface area contributed by atoms with E-state index < -0.39 is 30.7 Å². The van der Waals surface area contributed by atoms with Gasteiger partial charge in [-0.1, -0.05) is 88.5 Å². The summed E-state index contributed by atoms with van der Waals surface area (Å²) in [6, 6.07) is 9.73. The van der Waals surface area contributed by atoms with Gasteiger partial charge >= 0.3 is 0 Å². The summed E-state index contributed by atoms with van der Waals surface area (Å²) in [5.74, 6) is -0.430. The lowest BCUT2D eigenvalue weighted by atomic mass is 9.82. The second-order valence-electron chi connectivity index (χ2n) is 23.2. The molecule has 72 heavy (non-hydrogen) atoms. The molecule has 0 aromatic carbocycles. The Morgan fingerprint density at radius 1 is 0.694 bits per heavy atom. The maximum atomic E-state index is 10.4. The van der Waals surface area contributed by atoms with E-state index in [-0.39, 0.29) is 104 Å². The molecule has 12 unspecified atom stereocenters. The third kappa shape index (κ3) is 12.6. The fraction of sp³-hybridized carbons (Fsp3) is 0.895. The van der Waals surface area contributed by atoms with Crippen LogP contribution in [0.15, 0.2) is 37.0 Å². The monoisotopic (exact) mass is 1060 g/mol. The minimum atomic E-state index is -2.00. The predicted octanol–water partition coefficient (Wildman–Crippen LogP) is 12.0. The molecule has 6 bridgehead atoms. The summed E-state index contributed by atoms with van der Waals surface area (Å²) in [6.07, 6.45) is 8.57. The van der Waals surface area contributed by atoms with Crippen LogP contribution in [0.25, 0.3) is 0 Å². The molecule has 15 heteroatoms. The van der Waals surface area contributed by atoms with E-state index >= 15 is 0 Å². The Labute approximate surface area is 440 Å². The number of hydrogen-bond acceptors (Lipinski definition) is 12. The van der Waals surface area contributed by atoms with Crippen LogP contribution in [-0.4, -0.2) is 148 Å². The van der Waals surface area contributed by atoms with Gasteiger partial charge in [-0.15, -0.1) is 6.58 Å². The first-order valence-corrected chi connectivity index (χ1v) is 36.9. The summed E-state index contributed by atoms with van der Waals surface area (Å²) in [4.78, 5) is 0. The highest BCUT2D eigenvalue weighted by molar-refractivity contribution is 6.74. The summed E-state index contributed by atoms with van der Waals surface area (Å²) in [6.45, 7) is 36.8. The van der Waals surface area contributed by atoms with E-state index in [1.54, 1.807) is 7.11 Å². The minimum Gasteiger partial charge on any atom is -0.414 e. The molecule has 0 aromatic heterocycles. The highest BCUT2D eigenvalue weighted by Crippen LogP contribution is 2.54. The molecule has 1 N–H and O–H groups in total. The van der Waals surface area contributed by atoms with Gasteiger partial charge in [0.2, 0.25) is 0 Å². The lowest BCUT2D eigenvalue weighted by Gasteiger charge is -2.47. The first-order chi connectivity index (χ1) is 34.6. The van der Waals surface area contributed by atoms with Gasteiger partial charge in [-0.2, -0.15) is 0 Å². The van der Waals surface area contributed by atoms with Crippen LogP contribution in [0.3, 0.4) is 0 Å². The average Bonchev–Trinajstić information content (AvgIpc) is 4.08. The van der Waals surface area contributed by atoms with Gasteiger partial charge in [0, 0.05) is 45.3 Å². The molecule has 0 amide bonds. The molecule has 8 rings (SSSR count). The smallest absolute Gasteiger partial charge is 0.192 e. The Balaban J connectivity index is 0.961. The lowest BCUT2D eigenvalue weighted by Crippen LogP contribution is -2.62. The first-order valence-electron chi connectivity index (χ1n) is 29.4. The van der Waals surface area contributed by atoms with Gasteiger partial charge in [0.15, 0.2) is 30.7 Å². The zero-order chi connectivity index (χ0) is 52.0. The predicted molar refractivity (Wildman–Crippen MR) is 293 cm³/mol. The number of aliphatic hydroxyl groups excluding tert-OH is 1. The van der Waals surface area contributed by atoms with Crippen LogP contribution in [0.4, 0.5) is 0 Å². The standard InChI is InChI=1S/C57H102O12Si3/c1-15-25-46-53(69-72(22-8,23-9)24-10)56-55-54(64-46)52-50(65-55)36-57(66-52,67-56)30-28-42-33-39(12)45(61-42)27-26-41-32-38(11)40(13)47(62-41)35-48-44(29-31-58)51(59-14)49(63-48)34-43(68-71(19-5,20-6)21-7)37-60-70(16-2,17-3)18-4/h15,38,41-56,58H,1,12-13,16-37H2,2-11,14H3/t38?,41?,42?,43?,44?,45?,46-,47?,48-,49?,50+,51+,52?,53?,54-,55?,56?,57-/m0/s1. The molecular formula is C57H102O12Si3. The quantitative estimate of drug-likeness (QED) is 0.0525.